The molecule has 0 radical (unpaired) electrons. The fourth-order valence-corrected chi connectivity index (χ4v) is 3.51. The second-order valence-electron chi connectivity index (χ2n) is 6.91. The Morgan fingerprint density at radius 1 is 1.38 bits per heavy atom. The zero-order valence-corrected chi connectivity index (χ0v) is 15.3. The van der Waals surface area contributed by atoms with E-state index in [-0.39, 0.29) is 42.0 Å². The van der Waals surface area contributed by atoms with E-state index in [0.717, 1.165) is 18.7 Å². The minimum Gasteiger partial charge on any atom is -0.342 e. The van der Waals surface area contributed by atoms with Crippen molar-refractivity contribution >= 4 is 41.5 Å². The number of nitrogens with zero attached hydrogens (tertiary/aromatic N) is 2. The first-order valence-corrected chi connectivity index (χ1v) is 8.34. The average molecular weight is 372 g/mol. The van der Waals surface area contributed by atoms with Crippen LogP contribution in [0.1, 0.15) is 19.8 Å². The summed E-state index contributed by atoms with van der Waals surface area (Å²) < 4.78 is 0. The van der Waals surface area contributed by atoms with E-state index >= 15 is 0 Å². The molecule has 24 heavy (non-hydrogen) atoms. The molecule has 7 heteroatoms. The molecule has 0 spiro atoms. The molecular formula is C17H23Cl2N3O2. The number of carbonyl (C=O) groups is 2. The van der Waals surface area contributed by atoms with Gasteiger partial charge in [0, 0.05) is 36.8 Å². The molecule has 2 unspecified atom stereocenters. The summed E-state index contributed by atoms with van der Waals surface area (Å²) in [5.74, 6) is -0.197. The van der Waals surface area contributed by atoms with Crippen LogP contribution in [0.2, 0.25) is 5.02 Å². The number of hydrogen-bond acceptors (Lipinski definition) is 3. The first-order chi connectivity index (χ1) is 10.9. The molecule has 2 fully saturated rings. The number of anilines is 1. The normalized spacial score (nSPS) is 26.6. The molecule has 0 aliphatic carbocycles. The molecule has 3 rings (SSSR count). The monoisotopic (exact) mass is 371 g/mol. The van der Waals surface area contributed by atoms with Gasteiger partial charge < -0.3 is 15.5 Å². The summed E-state index contributed by atoms with van der Waals surface area (Å²) in [6.45, 7) is 4.55. The highest BCUT2D eigenvalue weighted by atomic mass is 35.5. The molecule has 2 amide bonds. The van der Waals surface area contributed by atoms with Crippen LogP contribution >= 0.6 is 24.0 Å². The fraction of sp³-hybridized carbons (Fsp3) is 0.529. The van der Waals surface area contributed by atoms with Crippen LogP contribution in [0, 0.1) is 11.3 Å². The van der Waals surface area contributed by atoms with E-state index in [1.54, 1.807) is 17.0 Å². The maximum atomic E-state index is 12.7. The predicted molar refractivity (Wildman–Crippen MR) is 97.5 cm³/mol. The first kappa shape index (κ1) is 19.0. The minimum absolute atomic E-state index is 0. The van der Waals surface area contributed by atoms with Crippen molar-refractivity contribution in [2.24, 2.45) is 17.1 Å². The highest BCUT2D eigenvalue weighted by Gasteiger charge is 2.41. The molecule has 0 aromatic heterocycles. The number of likely N-dealkylation sites (tertiary alicyclic amines) is 1. The summed E-state index contributed by atoms with van der Waals surface area (Å²) in [7, 11) is 0. The molecule has 132 valence electrons. The standard InChI is InChI=1S/C17H22ClN3O2.ClH/c1-17(10-19)6-7-20(11-17)16(23)12-8-15(22)21(9-12)14-4-2-13(18)3-5-14;/h2-5,12H,6-11,19H2,1H3;1H. The van der Waals surface area contributed by atoms with Gasteiger partial charge in [-0.1, -0.05) is 18.5 Å². The lowest BCUT2D eigenvalue weighted by Gasteiger charge is -2.24. The summed E-state index contributed by atoms with van der Waals surface area (Å²) >= 11 is 5.89. The summed E-state index contributed by atoms with van der Waals surface area (Å²) in [4.78, 5) is 28.5. The molecule has 1 aromatic rings. The van der Waals surface area contributed by atoms with Crippen molar-refractivity contribution in [1.29, 1.82) is 0 Å². The highest BCUT2D eigenvalue weighted by molar-refractivity contribution is 6.30. The molecule has 2 atom stereocenters. The van der Waals surface area contributed by atoms with Crippen LogP contribution in [0.5, 0.6) is 0 Å². The second-order valence-corrected chi connectivity index (χ2v) is 7.34. The van der Waals surface area contributed by atoms with Crippen molar-refractivity contribution < 1.29 is 9.59 Å². The van der Waals surface area contributed by atoms with Crippen LogP contribution < -0.4 is 10.6 Å². The highest BCUT2D eigenvalue weighted by Crippen LogP contribution is 2.32. The Hall–Kier alpha value is -1.30. The SMILES string of the molecule is CC1(CN)CCN(C(=O)C2CC(=O)N(c3ccc(Cl)cc3)C2)C1.Cl. The topological polar surface area (TPSA) is 66.6 Å². The molecule has 2 aliphatic rings. The lowest BCUT2D eigenvalue weighted by molar-refractivity contribution is -0.135. The third-order valence-electron chi connectivity index (χ3n) is 4.97. The fourth-order valence-electron chi connectivity index (χ4n) is 3.38. The van der Waals surface area contributed by atoms with E-state index in [9.17, 15) is 9.59 Å². The second kappa shape index (κ2) is 7.30. The van der Waals surface area contributed by atoms with Crippen molar-refractivity contribution in [3.05, 3.63) is 29.3 Å². The largest absolute Gasteiger partial charge is 0.342 e. The zero-order chi connectivity index (χ0) is 16.6. The van der Waals surface area contributed by atoms with Crippen LogP contribution in [0.25, 0.3) is 0 Å². The van der Waals surface area contributed by atoms with Gasteiger partial charge in [-0.05, 0) is 42.6 Å². The van der Waals surface area contributed by atoms with Crippen molar-refractivity contribution in [3.63, 3.8) is 0 Å². The van der Waals surface area contributed by atoms with Gasteiger partial charge in [0.25, 0.3) is 0 Å². The number of rotatable bonds is 3. The molecule has 2 N–H and O–H groups in total. The summed E-state index contributed by atoms with van der Waals surface area (Å²) in [5.41, 5.74) is 6.61. The predicted octanol–water partition coefficient (Wildman–Crippen LogP) is 2.31. The number of hydrogen-bond donors (Lipinski definition) is 1. The van der Waals surface area contributed by atoms with Crippen molar-refractivity contribution in [3.8, 4) is 0 Å². The lowest BCUT2D eigenvalue weighted by atomic mass is 9.90. The van der Waals surface area contributed by atoms with Crippen molar-refractivity contribution in [2.45, 2.75) is 19.8 Å². The Labute approximate surface area is 153 Å². The van der Waals surface area contributed by atoms with Crippen LogP contribution in [-0.2, 0) is 9.59 Å². The van der Waals surface area contributed by atoms with Gasteiger partial charge in [-0.2, -0.15) is 0 Å². The maximum Gasteiger partial charge on any atom is 0.228 e. The minimum atomic E-state index is -0.265. The van der Waals surface area contributed by atoms with Gasteiger partial charge in [-0.15, -0.1) is 12.4 Å². The molecule has 2 saturated heterocycles. The van der Waals surface area contributed by atoms with E-state index < -0.39 is 0 Å². The van der Waals surface area contributed by atoms with E-state index in [0.29, 0.717) is 24.7 Å². The number of nitrogens with two attached hydrogens (primary N) is 1. The Morgan fingerprint density at radius 3 is 2.62 bits per heavy atom. The zero-order valence-electron chi connectivity index (χ0n) is 13.7. The van der Waals surface area contributed by atoms with Crippen LogP contribution in [-0.4, -0.2) is 42.9 Å². The average Bonchev–Trinajstić information content (AvgIpc) is 3.12. The van der Waals surface area contributed by atoms with Crippen molar-refractivity contribution in [1.82, 2.24) is 4.90 Å². The third kappa shape index (κ3) is 3.68. The van der Waals surface area contributed by atoms with Gasteiger partial charge in [-0.25, -0.2) is 0 Å². The lowest BCUT2D eigenvalue weighted by Crippen LogP contribution is -2.38. The summed E-state index contributed by atoms with van der Waals surface area (Å²) in [6.07, 6.45) is 1.20. The molecule has 2 aliphatic heterocycles. The van der Waals surface area contributed by atoms with Crippen LogP contribution in [0.4, 0.5) is 5.69 Å². The Morgan fingerprint density at radius 2 is 2.04 bits per heavy atom. The van der Waals surface area contributed by atoms with Gasteiger partial charge in [0.2, 0.25) is 11.8 Å². The maximum absolute atomic E-state index is 12.7. The number of carbonyl (C=O) groups excluding carboxylic acids is 2. The number of benzene rings is 1. The first-order valence-electron chi connectivity index (χ1n) is 7.97. The Balaban J connectivity index is 0.00000208. The summed E-state index contributed by atoms with van der Waals surface area (Å²) in [5, 5.41) is 0.631. The molecular weight excluding hydrogens is 349 g/mol. The molecule has 5 nitrogen and oxygen atoms in total. The molecule has 2 heterocycles. The van der Waals surface area contributed by atoms with Gasteiger partial charge >= 0.3 is 0 Å². The Bertz CT molecular complexity index is 623. The van der Waals surface area contributed by atoms with Gasteiger partial charge in [-0.3, -0.25) is 9.59 Å². The van der Waals surface area contributed by atoms with E-state index in [2.05, 4.69) is 6.92 Å². The molecule has 0 saturated carbocycles. The van der Waals surface area contributed by atoms with Crippen LogP contribution in [0.3, 0.4) is 0 Å². The molecule has 1 aromatic carbocycles. The van der Waals surface area contributed by atoms with Gasteiger partial charge in [0.1, 0.15) is 0 Å². The quantitative estimate of drug-likeness (QED) is 0.886. The van der Waals surface area contributed by atoms with E-state index in [1.165, 1.54) is 0 Å². The van der Waals surface area contributed by atoms with Gasteiger partial charge in [0.05, 0.1) is 5.92 Å². The summed E-state index contributed by atoms with van der Waals surface area (Å²) in [6, 6.07) is 7.14. The van der Waals surface area contributed by atoms with E-state index in [4.69, 9.17) is 17.3 Å². The number of halogens is 2. The van der Waals surface area contributed by atoms with E-state index in [1.807, 2.05) is 17.0 Å². The molecule has 0 bridgehead atoms. The Kier molecular flexibility index (Phi) is 5.78. The van der Waals surface area contributed by atoms with Gasteiger partial charge in [0.15, 0.2) is 0 Å². The van der Waals surface area contributed by atoms with Crippen LogP contribution in [0.15, 0.2) is 24.3 Å². The number of amides is 2. The third-order valence-corrected chi connectivity index (χ3v) is 5.23. The van der Waals surface area contributed by atoms with Crippen molar-refractivity contribution in [2.75, 3.05) is 31.1 Å². The smallest absolute Gasteiger partial charge is 0.228 e.